The second-order valence-corrected chi connectivity index (χ2v) is 4.95. The van der Waals surface area contributed by atoms with Crippen LogP contribution in [0.3, 0.4) is 0 Å². The van der Waals surface area contributed by atoms with Crippen LogP contribution < -0.4 is 5.73 Å². The summed E-state index contributed by atoms with van der Waals surface area (Å²) in [6.07, 6.45) is 0. The van der Waals surface area contributed by atoms with E-state index in [0.717, 1.165) is 0 Å². The van der Waals surface area contributed by atoms with E-state index in [2.05, 4.69) is 0 Å². The third-order valence-electron chi connectivity index (χ3n) is 2.21. The number of nitrogens with two attached hydrogens (primary N) is 1. The number of methoxy groups -OCH3 is 1. The van der Waals surface area contributed by atoms with Gasteiger partial charge in [-0.25, -0.2) is 4.39 Å². The molecule has 5 heteroatoms. The van der Waals surface area contributed by atoms with Crippen LogP contribution in [0.15, 0.2) is 18.2 Å². The van der Waals surface area contributed by atoms with Crippen LogP contribution in [-0.2, 0) is 27.8 Å². The predicted octanol–water partition coefficient (Wildman–Crippen LogP) is 1.18. The molecule has 90 valence electrons. The maximum Gasteiger partial charge on any atom is 0.131 e. The largest absolute Gasteiger partial charge is 0.384 e. The normalized spacial score (nSPS) is 12.7. The van der Waals surface area contributed by atoms with Crippen LogP contribution in [0.4, 0.5) is 4.39 Å². The maximum absolute atomic E-state index is 13.7. The summed E-state index contributed by atoms with van der Waals surface area (Å²) in [5.74, 6) is 0.294. The van der Waals surface area contributed by atoms with Gasteiger partial charge in [-0.2, -0.15) is 0 Å². The van der Waals surface area contributed by atoms with Gasteiger partial charge in [0, 0.05) is 41.3 Å². The number of halogens is 1. The first-order valence-electron chi connectivity index (χ1n) is 4.99. The van der Waals surface area contributed by atoms with Gasteiger partial charge < -0.3 is 10.5 Å². The van der Waals surface area contributed by atoms with Gasteiger partial charge >= 0.3 is 0 Å². The standard InChI is InChI=1S/C11H16FNO2S/c1-15-5-6-16(14)8-10-4-2-3-9(7-13)11(10)12/h2-4H,5-8,13H2,1H3. The van der Waals surface area contributed by atoms with Gasteiger partial charge in [0.25, 0.3) is 0 Å². The van der Waals surface area contributed by atoms with Gasteiger partial charge in [0.05, 0.1) is 12.4 Å². The van der Waals surface area contributed by atoms with Crippen LogP contribution in [0.1, 0.15) is 11.1 Å². The predicted molar refractivity (Wildman–Crippen MR) is 62.9 cm³/mol. The molecule has 0 bridgehead atoms. The monoisotopic (exact) mass is 245 g/mol. The van der Waals surface area contributed by atoms with E-state index in [-0.39, 0.29) is 18.1 Å². The van der Waals surface area contributed by atoms with Crippen LogP contribution in [0.5, 0.6) is 0 Å². The van der Waals surface area contributed by atoms with Crippen molar-refractivity contribution in [2.45, 2.75) is 12.3 Å². The molecule has 0 saturated carbocycles. The van der Waals surface area contributed by atoms with Crippen molar-refractivity contribution in [3.05, 3.63) is 35.1 Å². The summed E-state index contributed by atoms with van der Waals surface area (Å²) >= 11 is 0. The summed E-state index contributed by atoms with van der Waals surface area (Å²) in [6.45, 7) is 0.579. The molecule has 1 atom stereocenters. The third-order valence-corrected chi connectivity index (χ3v) is 3.47. The van der Waals surface area contributed by atoms with Crippen molar-refractivity contribution in [2.75, 3.05) is 19.5 Å². The summed E-state index contributed by atoms with van der Waals surface area (Å²) in [7, 11) is 0.451. The van der Waals surface area contributed by atoms with Gasteiger partial charge in [0.2, 0.25) is 0 Å². The molecule has 2 N–H and O–H groups in total. The molecule has 0 aromatic heterocycles. The SMILES string of the molecule is COCCS(=O)Cc1cccc(CN)c1F. The van der Waals surface area contributed by atoms with Crippen molar-refractivity contribution in [3.63, 3.8) is 0 Å². The zero-order valence-corrected chi connectivity index (χ0v) is 10.1. The molecular formula is C11H16FNO2S. The van der Waals surface area contributed by atoms with E-state index in [1.54, 1.807) is 25.3 Å². The topological polar surface area (TPSA) is 52.3 Å². The van der Waals surface area contributed by atoms with Crippen molar-refractivity contribution in [3.8, 4) is 0 Å². The molecule has 0 aliphatic rings. The van der Waals surface area contributed by atoms with Gasteiger partial charge in [-0.3, -0.25) is 4.21 Å². The zero-order valence-electron chi connectivity index (χ0n) is 9.24. The average Bonchev–Trinajstić information content (AvgIpc) is 2.29. The maximum atomic E-state index is 13.7. The quantitative estimate of drug-likeness (QED) is 0.818. The molecule has 0 saturated heterocycles. The minimum Gasteiger partial charge on any atom is -0.384 e. The number of benzene rings is 1. The Balaban J connectivity index is 2.70. The van der Waals surface area contributed by atoms with Crippen LogP contribution in [0, 0.1) is 5.82 Å². The fourth-order valence-electron chi connectivity index (χ4n) is 1.32. The lowest BCUT2D eigenvalue weighted by Crippen LogP contribution is -2.09. The summed E-state index contributed by atoms with van der Waals surface area (Å²) in [5, 5.41) is 0. The Hall–Kier alpha value is -0.780. The molecule has 0 aliphatic heterocycles. The van der Waals surface area contributed by atoms with Gasteiger partial charge in [-0.05, 0) is 0 Å². The Morgan fingerprint density at radius 3 is 2.75 bits per heavy atom. The van der Waals surface area contributed by atoms with E-state index < -0.39 is 10.8 Å². The Morgan fingerprint density at radius 2 is 2.12 bits per heavy atom. The summed E-state index contributed by atoms with van der Waals surface area (Å²) in [5.41, 5.74) is 6.31. The first kappa shape index (κ1) is 13.3. The lowest BCUT2D eigenvalue weighted by molar-refractivity contribution is 0.218. The Morgan fingerprint density at radius 1 is 1.44 bits per heavy atom. The zero-order chi connectivity index (χ0) is 12.0. The minimum absolute atomic E-state index is 0.157. The smallest absolute Gasteiger partial charge is 0.131 e. The van der Waals surface area contributed by atoms with E-state index in [0.29, 0.717) is 23.5 Å². The van der Waals surface area contributed by atoms with E-state index in [1.807, 2.05) is 0 Å². The summed E-state index contributed by atoms with van der Waals surface area (Å²) in [6, 6.07) is 5.00. The molecule has 1 rings (SSSR count). The highest BCUT2D eigenvalue weighted by Crippen LogP contribution is 2.14. The molecule has 1 aromatic carbocycles. The van der Waals surface area contributed by atoms with Crippen molar-refractivity contribution >= 4 is 10.8 Å². The molecular weight excluding hydrogens is 229 g/mol. The molecule has 0 amide bonds. The molecule has 1 unspecified atom stereocenters. The van der Waals surface area contributed by atoms with Gasteiger partial charge in [-0.1, -0.05) is 18.2 Å². The fraction of sp³-hybridized carbons (Fsp3) is 0.455. The first-order chi connectivity index (χ1) is 7.69. The minimum atomic E-state index is -1.10. The lowest BCUT2D eigenvalue weighted by Gasteiger charge is -2.06. The summed E-state index contributed by atoms with van der Waals surface area (Å²) in [4.78, 5) is 0. The molecule has 3 nitrogen and oxygen atoms in total. The van der Waals surface area contributed by atoms with E-state index in [1.165, 1.54) is 0 Å². The van der Waals surface area contributed by atoms with Crippen LogP contribution in [0.25, 0.3) is 0 Å². The van der Waals surface area contributed by atoms with Crippen LogP contribution in [0.2, 0.25) is 0 Å². The molecule has 0 fully saturated rings. The van der Waals surface area contributed by atoms with Gasteiger partial charge in [-0.15, -0.1) is 0 Å². The Kier molecular flexibility index (Phi) is 5.59. The van der Waals surface area contributed by atoms with Gasteiger partial charge in [0.1, 0.15) is 5.82 Å². The second kappa shape index (κ2) is 6.73. The van der Waals surface area contributed by atoms with E-state index >= 15 is 0 Å². The Bertz CT molecular complexity index is 371. The van der Waals surface area contributed by atoms with E-state index in [4.69, 9.17) is 10.5 Å². The summed E-state index contributed by atoms with van der Waals surface area (Å²) < 4.78 is 30.1. The van der Waals surface area contributed by atoms with Crippen LogP contribution in [-0.4, -0.2) is 23.7 Å². The van der Waals surface area contributed by atoms with Crippen LogP contribution >= 0.6 is 0 Å². The first-order valence-corrected chi connectivity index (χ1v) is 6.48. The third kappa shape index (κ3) is 3.66. The molecule has 0 spiro atoms. The van der Waals surface area contributed by atoms with Gasteiger partial charge in [0.15, 0.2) is 0 Å². The number of rotatable bonds is 6. The molecule has 0 radical (unpaired) electrons. The highest BCUT2D eigenvalue weighted by molar-refractivity contribution is 7.84. The van der Waals surface area contributed by atoms with Crippen molar-refractivity contribution in [1.29, 1.82) is 0 Å². The average molecular weight is 245 g/mol. The highest BCUT2D eigenvalue weighted by Gasteiger charge is 2.09. The highest BCUT2D eigenvalue weighted by atomic mass is 32.2. The number of hydrogen-bond acceptors (Lipinski definition) is 3. The molecule has 0 heterocycles. The van der Waals surface area contributed by atoms with Crippen molar-refractivity contribution < 1.29 is 13.3 Å². The molecule has 16 heavy (non-hydrogen) atoms. The number of hydrogen-bond donors (Lipinski definition) is 1. The number of ether oxygens (including phenoxy) is 1. The molecule has 1 aromatic rings. The lowest BCUT2D eigenvalue weighted by atomic mass is 10.1. The van der Waals surface area contributed by atoms with Crippen molar-refractivity contribution in [1.82, 2.24) is 0 Å². The molecule has 0 aliphatic carbocycles. The van der Waals surface area contributed by atoms with E-state index in [9.17, 15) is 8.60 Å². The fourth-order valence-corrected chi connectivity index (χ4v) is 2.39. The Labute approximate surface area is 97.2 Å². The second-order valence-electron chi connectivity index (χ2n) is 3.38. The van der Waals surface area contributed by atoms with Crippen molar-refractivity contribution in [2.24, 2.45) is 5.73 Å².